The van der Waals surface area contributed by atoms with Crippen LogP contribution in [0.1, 0.15) is 17.4 Å². The van der Waals surface area contributed by atoms with E-state index in [2.05, 4.69) is 4.98 Å². The molecule has 1 heterocycles. The number of halogens is 4. The van der Waals surface area contributed by atoms with Crippen molar-refractivity contribution in [2.45, 2.75) is 13.1 Å². The van der Waals surface area contributed by atoms with Gasteiger partial charge in [-0.15, -0.1) is 11.3 Å². The Morgan fingerprint density at radius 2 is 1.95 bits per heavy atom. The van der Waals surface area contributed by atoms with Crippen molar-refractivity contribution in [1.29, 1.82) is 0 Å². The maximum atomic E-state index is 12.5. The quantitative estimate of drug-likeness (QED) is 0.815. The van der Waals surface area contributed by atoms with E-state index in [1.807, 2.05) is 0 Å². The summed E-state index contributed by atoms with van der Waals surface area (Å²) in [5.74, 6) is -0.726. The van der Waals surface area contributed by atoms with Crippen LogP contribution in [0, 0.1) is 0 Å². The van der Waals surface area contributed by atoms with E-state index in [4.69, 9.17) is 11.6 Å². The van der Waals surface area contributed by atoms with Crippen LogP contribution in [0.5, 0.6) is 0 Å². The molecule has 0 bridgehead atoms. The van der Waals surface area contributed by atoms with Gasteiger partial charge in [0.2, 0.25) is 0 Å². The maximum Gasteiger partial charge on any atom is 0.406 e. The van der Waals surface area contributed by atoms with Crippen LogP contribution < -0.4 is 0 Å². The first-order chi connectivity index (χ1) is 10.3. The normalized spacial score (nSPS) is 11.5. The van der Waals surface area contributed by atoms with Gasteiger partial charge < -0.3 is 4.90 Å². The molecule has 0 fully saturated rings. The largest absolute Gasteiger partial charge is 0.406 e. The minimum atomic E-state index is -4.43. The van der Waals surface area contributed by atoms with Crippen molar-refractivity contribution in [2.24, 2.45) is 0 Å². The van der Waals surface area contributed by atoms with Crippen molar-refractivity contribution in [3.05, 3.63) is 40.4 Å². The number of benzene rings is 1. The van der Waals surface area contributed by atoms with Gasteiger partial charge in [-0.3, -0.25) is 4.79 Å². The molecular weight excluding hydrogens is 337 g/mol. The predicted molar refractivity (Wildman–Crippen MR) is 80.2 cm³/mol. The molecule has 0 aliphatic heterocycles. The van der Waals surface area contributed by atoms with Crippen molar-refractivity contribution in [3.63, 3.8) is 0 Å². The molecule has 2 rings (SSSR count). The Balaban J connectivity index is 2.19. The molecule has 0 spiro atoms. The lowest BCUT2D eigenvalue weighted by Gasteiger charge is -2.21. The molecule has 0 unspecified atom stereocenters. The van der Waals surface area contributed by atoms with Crippen LogP contribution in [0.15, 0.2) is 29.6 Å². The maximum absolute atomic E-state index is 12.5. The molecule has 0 atom stereocenters. The van der Waals surface area contributed by atoms with Gasteiger partial charge in [0.15, 0.2) is 0 Å². The lowest BCUT2D eigenvalue weighted by atomic mass is 10.2. The Bertz CT molecular complexity index is 655. The zero-order chi connectivity index (χ0) is 16.3. The number of hydrogen-bond donors (Lipinski definition) is 0. The highest BCUT2D eigenvalue weighted by Gasteiger charge is 2.33. The second-order valence-electron chi connectivity index (χ2n) is 4.48. The Morgan fingerprint density at radius 3 is 2.50 bits per heavy atom. The van der Waals surface area contributed by atoms with Crippen molar-refractivity contribution < 1.29 is 18.0 Å². The van der Waals surface area contributed by atoms with Crippen LogP contribution >= 0.6 is 22.9 Å². The van der Waals surface area contributed by atoms with E-state index in [1.165, 1.54) is 23.6 Å². The average Bonchev–Trinajstić information content (AvgIpc) is 2.93. The molecule has 1 aromatic carbocycles. The number of rotatable bonds is 4. The number of amides is 1. The first-order valence-corrected chi connectivity index (χ1v) is 7.63. The molecule has 1 amide bonds. The highest BCUT2D eigenvalue weighted by atomic mass is 35.5. The minimum absolute atomic E-state index is 0.0149. The summed E-state index contributed by atoms with van der Waals surface area (Å²) >= 11 is 6.99. The molecule has 0 aliphatic rings. The fraction of sp³-hybridized carbons (Fsp3) is 0.286. The first-order valence-electron chi connectivity index (χ1n) is 6.37. The molecule has 0 saturated carbocycles. The third-order valence-corrected chi connectivity index (χ3v) is 4.00. The summed E-state index contributed by atoms with van der Waals surface area (Å²) in [5.41, 5.74) is 0.772. The predicted octanol–water partition coefficient (Wildman–Crippen LogP) is 4.49. The van der Waals surface area contributed by atoms with Gasteiger partial charge in [0.05, 0.1) is 0 Å². The number of carbonyl (C=O) groups is 1. The standard InChI is InChI=1S/C14H12ClF3N2OS/c1-2-20(8-14(16,17)18)13(21)11-7-22-12(19-11)9-3-5-10(15)6-4-9/h3-7H,2,8H2,1H3. The number of aromatic nitrogens is 1. The van der Waals surface area contributed by atoms with Crippen LogP contribution in [-0.4, -0.2) is 35.1 Å². The molecular formula is C14H12ClF3N2OS. The molecule has 0 saturated heterocycles. The summed E-state index contributed by atoms with van der Waals surface area (Å²) in [7, 11) is 0. The van der Waals surface area contributed by atoms with Crippen LogP contribution in [-0.2, 0) is 0 Å². The second kappa shape index (κ2) is 6.66. The van der Waals surface area contributed by atoms with Crippen LogP contribution in [0.25, 0.3) is 10.6 Å². The average molecular weight is 349 g/mol. The Kier molecular flexibility index (Phi) is 5.08. The topological polar surface area (TPSA) is 33.2 Å². The minimum Gasteiger partial charge on any atom is -0.328 e. The number of carbonyl (C=O) groups excluding carboxylic acids is 1. The molecule has 1 aromatic heterocycles. The Labute approximate surface area is 134 Å². The third-order valence-electron chi connectivity index (χ3n) is 2.85. The van der Waals surface area contributed by atoms with E-state index in [0.29, 0.717) is 10.0 Å². The van der Waals surface area contributed by atoms with E-state index in [0.717, 1.165) is 10.5 Å². The molecule has 0 aliphatic carbocycles. The fourth-order valence-electron chi connectivity index (χ4n) is 1.80. The van der Waals surface area contributed by atoms with Gasteiger partial charge in [0.25, 0.3) is 5.91 Å². The highest BCUT2D eigenvalue weighted by Crippen LogP contribution is 2.26. The molecule has 22 heavy (non-hydrogen) atoms. The summed E-state index contributed by atoms with van der Waals surface area (Å²) in [6, 6.07) is 6.84. The van der Waals surface area contributed by atoms with Crippen LogP contribution in [0.4, 0.5) is 13.2 Å². The molecule has 8 heteroatoms. The van der Waals surface area contributed by atoms with Crippen LogP contribution in [0.2, 0.25) is 5.02 Å². The molecule has 0 radical (unpaired) electrons. The number of thiazole rings is 1. The van der Waals surface area contributed by atoms with E-state index in [1.54, 1.807) is 24.3 Å². The SMILES string of the molecule is CCN(CC(F)(F)F)C(=O)c1csc(-c2ccc(Cl)cc2)n1. The summed E-state index contributed by atoms with van der Waals surface area (Å²) in [4.78, 5) is 17.0. The van der Waals surface area contributed by atoms with E-state index in [-0.39, 0.29) is 12.2 Å². The Hall–Kier alpha value is -1.60. The van der Waals surface area contributed by atoms with Crippen LogP contribution in [0.3, 0.4) is 0 Å². The van der Waals surface area contributed by atoms with E-state index >= 15 is 0 Å². The van der Waals surface area contributed by atoms with Crippen molar-refractivity contribution in [3.8, 4) is 10.6 Å². The highest BCUT2D eigenvalue weighted by molar-refractivity contribution is 7.13. The zero-order valence-corrected chi connectivity index (χ0v) is 13.1. The van der Waals surface area contributed by atoms with Gasteiger partial charge in [0, 0.05) is 22.5 Å². The lowest BCUT2D eigenvalue weighted by Crippen LogP contribution is -2.38. The van der Waals surface area contributed by atoms with Gasteiger partial charge in [-0.05, 0) is 19.1 Å². The second-order valence-corrected chi connectivity index (χ2v) is 5.77. The third kappa shape index (κ3) is 4.20. The van der Waals surface area contributed by atoms with Crippen molar-refractivity contribution in [2.75, 3.05) is 13.1 Å². The van der Waals surface area contributed by atoms with Gasteiger partial charge >= 0.3 is 6.18 Å². The van der Waals surface area contributed by atoms with E-state index in [9.17, 15) is 18.0 Å². The summed E-state index contributed by atoms with van der Waals surface area (Å²) in [6.07, 6.45) is -4.43. The fourth-order valence-corrected chi connectivity index (χ4v) is 2.73. The molecule has 3 nitrogen and oxygen atoms in total. The summed E-state index contributed by atoms with van der Waals surface area (Å²) in [5, 5.41) is 2.59. The first kappa shape index (κ1) is 16.8. The smallest absolute Gasteiger partial charge is 0.328 e. The van der Waals surface area contributed by atoms with Gasteiger partial charge in [-0.1, -0.05) is 23.7 Å². The monoisotopic (exact) mass is 348 g/mol. The van der Waals surface area contributed by atoms with Gasteiger partial charge in [-0.25, -0.2) is 4.98 Å². The number of nitrogens with zero attached hydrogens (tertiary/aromatic N) is 2. The molecule has 0 N–H and O–H groups in total. The molecule has 118 valence electrons. The lowest BCUT2D eigenvalue weighted by molar-refractivity contribution is -0.140. The van der Waals surface area contributed by atoms with E-state index < -0.39 is 18.6 Å². The summed E-state index contributed by atoms with van der Waals surface area (Å²) < 4.78 is 37.4. The zero-order valence-electron chi connectivity index (χ0n) is 11.5. The van der Waals surface area contributed by atoms with Gasteiger partial charge in [0.1, 0.15) is 17.2 Å². The van der Waals surface area contributed by atoms with Crippen molar-refractivity contribution >= 4 is 28.8 Å². The van der Waals surface area contributed by atoms with Crippen molar-refractivity contribution in [1.82, 2.24) is 9.88 Å². The number of alkyl halides is 3. The number of hydrogen-bond acceptors (Lipinski definition) is 3. The summed E-state index contributed by atoms with van der Waals surface area (Å²) in [6.45, 7) is 0.179. The Morgan fingerprint density at radius 1 is 1.32 bits per heavy atom. The molecule has 2 aromatic rings. The van der Waals surface area contributed by atoms with Gasteiger partial charge in [-0.2, -0.15) is 13.2 Å².